The number of carbonyl (C=O) groups excluding carboxylic acids is 1. The van der Waals surface area contributed by atoms with Crippen LogP contribution in [0.3, 0.4) is 0 Å². The normalized spacial score (nSPS) is 25.4. The summed E-state index contributed by atoms with van der Waals surface area (Å²) >= 11 is 1.40. The molecule has 5 heteroatoms. The number of para-hydroxylation sites is 1. The minimum absolute atomic E-state index is 0.00851. The quantitative estimate of drug-likeness (QED) is 0.672. The van der Waals surface area contributed by atoms with Gasteiger partial charge in [0.2, 0.25) is 5.91 Å². The molecule has 1 saturated heterocycles. The third kappa shape index (κ3) is 4.17. The van der Waals surface area contributed by atoms with Gasteiger partial charge in [0.05, 0.1) is 6.85 Å². The number of anilines is 1. The zero-order chi connectivity index (χ0) is 28.8. The molecule has 0 atom stereocenters. The van der Waals surface area contributed by atoms with Gasteiger partial charge in [-0.15, -0.1) is 11.3 Å². The lowest BCUT2D eigenvalue weighted by Gasteiger charge is -2.47. The van der Waals surface area contributed by atoms with E-state index in [1.54, 1.807) is 0 Å². The summed E-state index contributed by atoms with van der Waals surface area (Å²) in [7, 11) is 1.19. The van der Waals surface area contributed by atoms with Crippen molar-refractivity contribution in [3.63, 3.8) is 0 Å². The molecule has 140 valence electrons. The summed E-state index contributed by atoms with van der Waals surface area (Å²) in [4.78, 5) is 16.6. The molecular formula is C21H28N2O2S. The molecule has 1 fully saturated rings. The van der Waals surface area contributed by atoms with E-state index in [2.05, 4.69) is 0 Å². The Kier molecular flexibility index (Phi) is 3.05. The number of piperidine rings is 1. The highest BCUT2D eigenvalue weighted by Gasteiger charge is 2.42. The van der Waals surface area contributed by atoms with Crippen molar-refractivity contribution < 1.29 is 26.0 Å². The van der Waals surface area contributed by atoms with Crippen molar-refractivity contribution >= 4 is 22.9 Å². The largest absolute Gasteiger partial charge is 0.358 e. The lowest BCUT2D eigenvalue weighted by atomic mass is 9.96. The number of ether oxygens (including phenoxy) is 1. The van der Waals surface area contributed by atoms with Crippen molar-refractivity contribution in [3.8, 4) is 0 Å². The van der Waals surface area contributed by atoms with Crippen molar-refractivity contribution in [2.45, 2.75) is 38.2 Å². The first-order valence-corrected chi connectivity index (χ1v) is 9.03. The Labute approximate surface area is 177 Å². The summed E-state index contributed by atoms with van der Waals surface area (Å²) in [6, 6.07) is -0.339. The summed E-state index contributed by atoms with van der Waals surface area (Å²) in [6.07, 6.45) is -3.71. The molecule has 0 unspecified atom stereocenters. The lowest BCUT2D eigenvalue weighted by Crippen LogP contribution is -2.59. The van der Waals surface area contributed by atoms with Gasteiger partial charge in [-0.3, -0.25) is 9.69 Å². The zero-order valence-corrected chi connectivity index (χ0v) is 15.2. The highest BCUT2D eigenvalue weighted by Crippen LogP contribution is 2.34. The van der Waals surface area contributed by atoms with E-state index in [4.69, 9.17) is 21.2 Å². The number of hydrogen-bond acceptors (Lipinski definition) is 4. The van der Waals surface area contributed by atoms with Crippen molar-refractivity contribution in [3.05, 3.63) is 52.6 Å². The van der Waals surface area contributed by atoms with Gasteiger partial charge in [0.1, 0.15) is 5.72 Å². The maximum Gasteiger partial charge on any atom is 0.229 e. The number of thiophene rings is 1. The van der Waals surface area contributed by atoms with Crippen molar-refractivity contribution in [2.24, 2.45) is 0 Å². The standard InChI is InChI=1S/C21H28N2O2S/c1-3-20(24)23(18-8-5-4-6-9-18)21(25-2)12-15-22(16-13-21)14-11-19-10-7-17-26-19/h4-10,17H,3,11-16H2,1-2H3/i1D3,3D2,4D,5D,6D,8D,9D,14D2. The summed E-state index contributed by atoms with van der Waals surface area (Å²) in [6.45, 7) is -5.25. The monoisotopic (exact) mass is 384 g/mol. The Balaban J connectivity index is 2.11. The number of aryl methyl sites for hydroxylation is 1. The first kappa shape index (κ1) is 9.00. The van der Waals surface area contributed by atoms with E-state index in [1.807, 2.05) is 17.5 Å². The first-order chi connectivity index (χ1) is 17.4. The number of hydrogen-bond donors (Lipinski definition) is 0. The minimum Gasteiger partial charge on any atom is -0.358 e. The highest BCUT2D eigenvalue weighted by molar-refractivity contribution is 7.09. The van der Waals surface area contributed by atoms with Crippen LogP contribution in [0.25, 0.3) is 0 Å². The number of likely N-dealkylation sites (tertiary alicyclic amines) is 1. The molecule has 0 saturated carbocycles. The molecular weight excluding hydrogens is 344 g/mol. The molecule has 0 bridgehead atoms. The van der Waals surface area contributed by atoms with Gasteiger partial charge in [-0.2, -0.15) is 0 Å². The fraction of sp³-hybridized carbons (Fsp3) is 0.476. The van der Waals surface area contributed by atoms with Gasteiger partial charge in [-0.05, 0) is 30.0 Å². The Bertz CT molecular complexity index is 1150. The molecule has 1 aliphatic heterocycles. The van der Waals surface area contributed by atoms with E-state index in [-0.39, 0.29) is 32.4 Å². The van der Waals surface area contributed by atoms with Crippen LogP contribution in [0.4, 0.5) is 5.69 Å². The second kappa shape index (κ2) is 8.80. The Morgan fingerprint density at radius 1 is 1.42 bits per heavy atom. The van der Waals surface area contributed by atoms with E-state index >= 15 is 0 Å². The first-order valence-electron chi connectivity index (χ1n) is 14.2. The molecule has 0 N–H and O–H groups in total. The average Bonchev–Trinajstić information content (AvgIpc) is 3.35. The Hall–Kier alpha value is -1.69. The molecule has 26 heavy (non-hydrogen) atoms. The molecule has 1 aromatic carbocycles. The third-order valence-corrected chi connectivity index (χ3v) is 5.29. The van der Waals surface area contributed by atoms with E-state index in [0.29, 0.717) is 4.90 Å². The highest BCUT2D eigenvalue weighted by atomic mass is 32.1. The van der Waals surface area contributed by atoms with E-state index in [0.717, 1.165) is 4.88 Å². The van der Waals surface area contributed by atoms with Crippen molar-refractivity contribution in [1.29, 1.82) is 0 Å². The molecule has 1 aliphatic rings. The molecule has 3 rings (SSSR count). The number of methoxy groups -OCH3 is 1. The summed E-state index contributed by atoms with van der Waals surface area (Å²) in [5.74, 6) is -1.65. The summed E-state index contributed by atoms with van der Waals surface area (Å²) in [5.41, 5.74) is -2.52. The summed E-state index contributed by atoms with van der Waals surface area (Å²) in [5, 5.41) is 1.83. The minimum atomic E-state index is -3.49. The number of amides is 1. The molecule has 2 aromatic rings. The Morgan fingerprint density at radius 2 is 2.19 bits per heavy atom. The Morgan fingerprint density at radius 3 is 2.81 bits per heavy atom. The summed E-state index contributed by atoms with van der Waals surface area (Å²) < 4.78 is 103. The predicted molar refractivity (Wildman–Crippen MR) is 108 cm³/mol. The topological polar surface area (TPSA) is 32.8 Å². The molecule has 1 amide bonds. The maximum atomic E-state index is 13.7. The van der Waals surface area contributed by atoms with Gasteiger partial charge in [0.15, 0.2) is 0 Å². The molecule has 2 heterocycles. The third-order valence-electron chi connectivity index (χ3n) is 4.41. The van der Waals surface area contributed by atoms with Crippen LogP contribution in [0.5, 0.6) is 0 Å². The molecule has 0 aliphatic carbocycles. The average molecular weight is 385 g/mol. The predicted octanol–water partition coefficient (Wildman–Crippen LogP) is 4.17. The fourth-order valence-corrected chi connectivity index (χ4v) is 3.67. The van der Waals surface area contributed by atoms with E-state index in [1.165, 1.54) is 23.3 Å². The van der Waals surface area contributed by atoms with Crippen LogP contribution in [-0.4, -0.2) is 43.2 Å². The van der Waals surface area contributed by atoms with Crippen molar-refractivity contribution in [2.75, 3.05) is 31.6 Å². The zero-order valence-electron chi connectivity index (χ0n) is 26.4. The number of rotatable bonds is 7. The van der Waals surface area contributed by atoms with Crippen LogP contribution in [-0.2, 0) is 16.0 Å². The SMILES string of the molecule is [2H]c1c([2H])c([2H])c(N(C(=O)C([2H])([2H])C([2H])([2H])[2H])C2(OC)CCN(C([2H])([2H])Cc3cccs3)CC2)c([2H])c1[2H]. The molecule has 0 radical (unpaired) electrons. The second-order valence-corrected chi connectivity index (χ2v) is 6.82. The van der Waals surface area contributed by atoms with Gasteiger partial charge >= 0.3 is 0 Å². The maximum absolute atomic E-state index is 13.7. The van der Waals surface area contributed by atoms with Crippen LogP contribution in [0.2, 0.25) is 0 Å². The van der Waals surface area contributed by atoms with Crippen LogP contribution in [0.1, 0.15) is 47.4 Å². The molecule has 0 spiro atoms. The smallest absolute Gasteiger partial charge is 0.229 e. The van der Waals surface area contributed by atoms with Crippen LogP contribution in [0, 0.1) is 0 Å². The number of carbonyl (C=O) groups is 1. The fourth-order valence-electron chi connectivity index (χ4n) is 3.04. The number of nitrogens with zero attached hydrogens (tertiary/aromatic N) is 2. The molecule has 4 nitrogen and oxygen atoms in total. The second-order valence-electron chi connectivity index (χ2n) is 5.79. The van der Waals surface area contributed by atoms with Gasteiger partial charge in [0.25, 0.3) is 0 Å². The van der Waals surface area contributed by atoms with Crippen LogP contribution in [0.15, 0.2) is 47.7 Å². The lowest BCUT2D eigenvalue weighted by molar-refractivity contribution is -0.128. The van der Waals surface area contributed by atoms with Gasteiger partial charge in [0, 0.05) is 66.1 Å². The number of benzene rings is 1. The molecule has 1 aromatic heterocycles. The van der Waals surface area contributed by atoms with E-state index < -0.39 is 67.3 Å². The van der Waals surface area contributed by atoms with Gasteiger partial charge in [-0.1, -0.05) is 31.0 Å². The van der Waals surface area contributed by atoms with E-state index in [9.17, 15) is 4.79 Å². The van der Waals surface area contributed by atoms with Gasteiger partial charge in [-0.25, -0.2) is 0 Å². The van der Waals surface area contributed by atoms with Gasteiger partial charge < -0.3 is 9.64 Å². The van der Waals surface area contributed by atoms with Crippen molar-refractivity contribution in [1.82, 2.24) is 4.90 Å². The van der Waals surface area contributed by atoms with Crippen LogP contribution < -0.4 is 4.90 Å². The van der Waals surface area contributed by atoms with Crippen LogP contribution >= 0.6 is 11.3 Å².